The first-order chi connectivity index (χ1) is 7.74. The lowest BCUT2D eigenvalue weighted by molar-refractivity contribution is 0.0838. The first kappa shape index (κ1) is 12.4. The fourth-order valence-electron chi connectivity index (χ4n) is 1.09. The van der Waals surface area contributed by atoms with Crippen molar-refractivity contribution in [2.24, 2.45) is 0 Å². The molecule has 0 spiro atoms. The van der Waals surface area contributed by atoms with Crippen LogP contribution < -0.4 is 11.1 Å². The van der Waals surface area contributed by atoms with Crippen molar-refractivity contribution in [3.8, 4) is 0 Å². The molecule has 1 heterocycles. The van der Waals surface area contributed by atoms with E-state index in [1.807, 2.05) is 0 Å². The summed E-state index contributed by atoms with van der Waals surface area (Å²) in [5.41, 5.74) is 6.36. The molecule has 0 aliphatic carbocycles. The number of aromatic nitrogens is 1. The summed E-state index contributed by atoms with van der Waals surface area (Å²) in [6.07, 6.45) is 2.92. The highest BCUT2D eigenvalue weighted by Gasteiger charge is 2.04. The van der Waals surface area contributed by atoms with Crippen LogP contribution in [0.4, 0.5) is 5.69 Å². The Balaban J connectivity index is 2.30. The minimum atomic E-state index is -0.243. The number of hydrogen-bond acceptors (Lipinski definition) is 5. The average Bonchev–Trinajstić information content (AvgIpc) is 2.28. The third kappa shape index (κ3) is 4.24. The number of rotatable bonds is 6. The van der Waals surface area contributed by atoms with E-state index in [-0.39, 0.29) is 19.1 Å². The minimum absolute atomic E-state index is 0.0207. The van der Waals surface area contributed by atoms with Gasteiger partial charge in [0.2, 0.25) is 0 Å². The fraction of sp³-hybridized carbons (Fsp3) is 0.400. The van der Waals surface area contributed by atoms with Crippen molar-refractivity contribution in [3.63, 3.8) is 0 Å². The normalized spacial score (nSPS) is 10.1. The number of nitrogens with two attached hydrogens (primary N) is 1. The predicted molar refractivity (Wildman–Crippen MR) is 58.9 cm³/mol. The zero-order chi connectivity index (χ0) is 11.8. The largest absolute Gasteiger partial charge is 0.397 e. The van der Waals surface area contributed by atoms with Crippen LogP contribution in [0.1, 0.15) is 10.4 Å². The highest BCUT2D eigenvalue weighted by Crippen LogP contribution is 2.02. The Hall–Kier alpha value is -1.66. The van der Waals surface area contributed by atoms with Crippen LogP contribution in [0.3, 0.4) is 0 Å². The molecule has 88 valence electrons. The van der Waals surface area contributed by atoms with Crippen LogP contribution in [0.2, 0.25) is 0 Å². The molecule has 0 aliphatic rings. The van der Waals surface area contributed by atoms with Gasteiger partial charge < -0.3 is 20.9 Å². The van der Waals surface area contributed by atoms with Crippen molar-refractivity contribution in [2.45, 2.75) is 0 Å². The lowest BCUT2D eigenvalue weighted by atomic mass is 10.2. The van der Waals surface area contributed by atoms with Crippen LogP contribution in [0.15, 0.2) is 18.5 Å². The molecule has 0 radical (unpaired) electrons. The number of nitrogens with one attached hydrogen (secondary N) is 1. The molecule has 16 heavy (non-hydrogen) atoms. The molecule has 0 aliphatic heterocycles. The quantitative estimate of drug-likeness (QED) is 0.562. The van der Waals surface area contributed by atoms with Crippen molar-refractivity contribution in [2.75, 3.05) is 32.1 Å². The number of aliphatic hydroxyl groups is 1. The summed E-state index contributed by atoms with van der Waals surface area (Å²) in [5.74, 6) is -0.243. The molecule has 0 atom stereocenters. The smallest absolute Gasteiger partial charge is 0.253 e. The molecule has 1 aromatic rings. The number of aliphatic hydroxyl groups excluding tert-OH is 1. The Kier molecular flexibility index (Phi) is 5.24. The standard InChI is InChI=1S/C10H15N3O3/c11-9-5-8(6-12-7-9)10(15)13-1-3-16-4-2-14/h5-7,14H,1-4,11H2,(H,13,15). The second-order valence-electron chi connectivity index (χ2n) is 3.10. The summed E-state index contributed by atoms with van der Waals surface area (Å²) in [4.78, 5) is 15.3. The van der Waals surface area contributed by atoms with Crippen molar-refractivity contribution in [3.05, 3.63) is 24.0 Å². The first-order valence-corrected chi connectivity index (χ1v) is 4.91. The van der Waals surface area contributed by atoms with E-state index in [0.717, 1.165) is 0 Å². The molecule has 4 N–H and O–H groups in total. The van der Waals surface area contributed by atoms with Crippen LogP contribution in [0.25, 0.3) is 0 Å². The number of amides is 1. The Bertz CT molecular complexity index is 344. The van der Waals surface area contributed by atoms with Crippen LogP contribution in [-0.2, 0) is 4.74 Å². The Morgan fingerprint density at radius 3 is 3.00 bits per heavy atom. The maximum Gasteiger partial charge on any atom is 0.253 e. The molecule has 1 aromatic heterocycles. The molecule has 0 saturated carbocycles. The van der Waals surface area contributed by atoms with Gasteiger partial charge in [0.15, 0.2) is 0 Å². The maximum atomic E-state index is 11.5. The van der Waals surface area contributed by atoms with Gasteiger partial charge in [0.1, 0.15) is 0 Å². The van der Waals surface area contributed by atoms with Gasteiger partial charge in [-0.3, -0.25) is 9.78 Å². The monoisotopic (exact) mass is 225 g/mol. The van der Waals surface area contributed by atoms with Crippen LogP contribution in [0.5, 0.6) is 0 Å². The van der Waals surface area contributed by atoms with Crippen LogP contribution in [0, 0.1) is 0 Å². The van der Waals surface area contributed by atoms with Gasteiger partial charge in [-0.2, -0.15) is 0 Å². The second-order valence-corrected chi connectivity index (χ2v) is 3.10. The number of anilines is 1. The highest BCUT2D eigenvalue weighted by molar-refractivity contribution is 5.94. The average molecular weight is 225 g/mol. The van der Waals surface area contributed by atoms with Gasteiger partial charge in [0, 0.05) is 18.9 Å². The SMILES string of the molecule is Nc1cncc(C(=O)NCCOCCO)c1. The van der Waals surface area contributed by atoms with Crippen LogP contribution in [-0.4, -0.2) is 42.4 Å². The number of ether oxygens (including phenoxy) is 1. The minimum Gasteiger partial charge on any atom is -0.397 e. The van der Waals surface area contributed by atoms with E-state index in [1.165, 1.54) is 12.4 Å². The summed E-state index contributed by atoms with van der Waals surface area (Å²) >= 11 is 0. The van der Waals surface area contributed by atoms with Gasteiger partial charge in [0.05, 0.1) is 31.1 Å². The first-order valence-electron chi connectivity index (χ1n) is 4.91. The molecular formula is C10H15N3O3. The summed E-state index contributed by atoms with van der Waals surface area (Å²) < 4.78 is 4.99. The van der Waals surface area contributed by atoms with E-state index in [2.05, 4.69) is 10.3 Å². The van der Waals surface area contributed by atoms with E-state index in [1.54, 1.807) is 6.07 Å². The molecule has 0 unspecified atom stereocenters. The Morgan fingerprint density at radius 2 is 2.31 bits per heavy atom. The van der Waals surface area contributed by atoms with E-state index < -0.39 is 0 Å². The van der Waals surface area contributed by atoms with Gasteiger partial charge >= 0.3 is 0 Å². The lowest BCUT2D eigenvalue weighted by Crippen LogP contribution is -2.27. The van der Waals surface area contributed by atoms with Gasteiger partial charge in [-0.05, 0) is 6.07 Å². The van der Waals surface area contributed by atoms with E-state index in [4.69, 9.17) is 15.6 Å². The van der Waals surface area contributed by atoms with Crippen molar-refractivity contribution in [1.29, 1.82) is 0 Å². The van der Waals surface area contributed by atoms with Gasteiger partial charge in [-0.15, -0.1) is 0 Å². The van der Waals surface area contributed by atoms with Crippen molar-refractivity contribution < 1.29 is 14.6 Å². The topological polar surface area (TPSA) is 97.5 Å². The molecule has 0 saturated heterocycles. The molecule has 0 aromatic carbocycles. The fourth-order valence-corrected chi connectivity index (χ4v) is 1.09. The number of nitrogens with zero attached hydrogens (tertiary/aromatic N) is 1. The zero-order valence-corrected chi connectivity index (χ0v) is 8.85. The number of pyridine rings is 1. The molecule has 1 rings (SSSR count). The summed E-state index contributed by atoms with van der Waals surface area (Å²) in [6, 6.07) is 1.55. The maximum absolute atomic E-state index is 11.5. The molecule has 0 fully saturated rings. The lowest BCUT2D eigenvalue weighted by Gasteiger charge is -2.05. The predicted octanol–water partition coefficient (Wildman–Crippen LogP) is -0.597. The molecule has 1 amide bonds. The highest BCUT2D eigenvalue weighted by atomic mass is 16.5. The number of carbonyl (C=O) groups excluding carboxylic acids is 1. The molecule has 6 nitrogen and oxygen atoms in total. The summed E-state index contributed by atoms with van der Waals surface area (Å²) in [6.45, 7) is 0.998. The third-order valence-corrected chi connectivity index (χ3v) is 1.79. The molecule has 0 bridgehead atoms. The summed E-state index contributed by atoms with van der Waals surface area (Å²) in [5, 5.41) is 11.1. The van der Waals surface area contributed by atoms with E-state index in [9.17, 15) is 4.79 Å². The van der Waals surface area contributed by atoms with Crippen LogP contribution >= 0.6 is 0 Å². The van der Waals surface area contributed by atoms with Crippen molar-refractivity contribution >= 4 is 11.6 Å². The van der Waals surface area contributed by atoms with Gasteiger partial charge in [-0.1, -0.05) is 0 Å². The summed E-state index contributed by atoms with van der Waals surface area (Å²) in [7, 11) is 0. The van der Waals surface area contributed by atoms with E-state index in [0.29, 0.717) is 24.4 Å². The molecule has 6 heteroatoms. The van der Waals surface area contributed by atoms with Gasteiger partial charge in [-0.25, -0.2) is 0 Å². The zero-order valence-electron chi connectivity index (χ0n) is 8.85. The number of hydrogen-bond donors (Lipinski definition) is 3. The van der Waals surface area contributed by atoms with Gasteiger partial charge in [0.25, 0.3) is 5.91 Å². The number of nitrogen functional groups attached to an aromatic ring is 1. The number of carbonyl (C=O) groups is 1. The Labute approximate surface area is 93.4 Å². The van der Waals surface area contributed by atoms with Crippen molar-refractivity contribution in [1.82, 2.24) is 10.3 Å². The second kappa shape index (κ2) is 6.76. The molecular weight excluding hydrogens is 210 g/mol. The van der Waals surface area contributed by atoms with E-state index >= 15 is 0 Å². The third-order valence-electron chi connectivity index (χ3n) is 1.79. The Morgan fingerprint density at radius 1 is 1.50 bits per heavy atom.